The number of nitrogens with zero attached hydrogens (tertiary/aromatic N) is 1. The van der Waals surface area contributed by atoms with Crippen LogP contribution in [0.4, 0.5) is 10.8 Å². The fourth-order valence-electron chi connectivity index (χ4n) is 1.22. The standard InChI is InChI=1S/C11H9BrN2O2S/c1-16-10(15)8-9(12)17-11(14-8)13-7-5-3-2-4-6-7/h2-6H,1H3,(H,13,14). The first-order valence-electron chi connectivity index (χ1n) is 4.77. The number of carbonyl (C=O) groups excluding carboxylic acids is 1. The highest BCUT2D eigenvalue weighted by Crippen LogP contribution is 2.30. The molecule has 88 valence electrons. The molecule has 0 aliphatic heterocycles. The van der Waals surface area contributed by atoms with Crippen LogP contribution in [0.3, 0.4) is 0 Å². The number of hydrogen-bond acceptors (Lipinski definition) is 5. The molecule has 0 atom stereocenters. The third-order valence-corrected chi connectivity index (χ3v) is 3.61. The monoisotopic (exact) mass is 312 g/mol. The predicted molar refractivity (Wildman–Crippen MR) is 70.9 cm³/mol. The van der Waals surface area contributed by atoms with Gasteiger partial charge in [0.15, 0.2) is 10.8 Å². The van der Waals surface area contributed by atoms with E-state index in [1.807, 2.05) is 30.3 Å². The molecule has 6 heteroatoms. The first kappa shape index (κ1) is 12.1. The number of anilines is 2. The minimum absolute atomic E-state index is 0.288. The fraction of sp³-hybridized carbons (Fsp3) is 0.0909. The molecule has 1 aromatic heterocycles. The lowest BCUT2D eigenvalue weighted by Gasteiger charge is -2.00. The molecule has 0 amide bonds. The van der Waals surface area contributed by atoms with E-state index in [-0.39, 0.29) is 5.69 Å². The van der Waals surface area contributed by atoms with Gasteiger partial charge in [0.2, 0.25) is 0 Å². The Balaban J connectivity index is 2.21. The molecule has 1 aromatic carbocycles. The summed E-state index contributed by atoms with van der Waals surface area (Å²) in [5.74, 6) is -0.450. The molecule has 0 saturated carbocycles. The summed E-state index contributed by atoms with van der Waals surface area (Å²) in [6.07, 6.45) is 0. The molecule has 0 fully saturated rings. The zero-order chi connectivity index (χ0) is 12.3. The number of methoxy groups -OCH3 is 1. The van der Waals surface area contributed by atoms with Gasteiger partial charge in [0, 0.05) is 5.69 Å². The number of hydrogen-bond donors (Lipinski definition) is 1. The van der Waals surface area contributed by atoms with Crippen LogP contribution in [-0.4, -0.2) is 18.1 Å². The Morgan fingerprint density at radius 3 is 2.76 bits per heavy atom. The average Bonchev–Trinajstić information content (AvgIpc) is 2.70. The Bertz CT molecular complexity index is 528. The maximum Gasteiger partial charge on any atom is 0.358 e. The zero-order valence-corrected chi connectivity index (χ0v) is 11.3. The minimum atomic E-state index is -0.450. The van der Waals surface area contributed by atoms with Gasteiger partial charge in [0.05, 0.1) is 7.11 Å². The Hall–Kier alpha value is -1.40. The smallest absolute Gasteiger partial charge is 0.358 e. The SMILES string of the molecule is COC(=O)c1nc(Nc2ccccc2)sc1Br. The van der Waals surface area contributed by atoms with E-state index in [0.717, 1.165) is 5.69 Å². The number of nitrogens with one attached hydrogen (secondary N) is 1. The van der Waals surface area contributed by atoms with Crippen molar-refractivity contribution in [1.82, 2.24) is 4.98 Å². The van der Waals surface area contributed by atoms with Crippen molar-refractivity contribution in [3.63, 3.8) is 0 Å². The number of carbonyl (C=O) groups is 1. The molecule has 1 heterocycles. The quantitative estimate of drug-likeness (QED) is 0.882. The molecule has 0 aliphatic rings. The number of ether oxygens (including phenoxy) is 1. The summed E-state index contributed by atoms with van der Waals surface area (Å²) >= 11 is 4.63. The molecule has 17 heavy (non-hydrogen) atoms. The van der Waals surface area contributed by atoms with Crippen LogP contribution in [0.1, 0.15) is 10.5 Å². The van der Waals surface area contributed by atoms with Crippen LogP contribution >= 0.6 is 27.3 Å². The number of thiazole rings is 1. The number of para-hydroxylation sites is 1. The molecule has 0 bridgehead atoms. The molecule has 0 spiro atoms. The first-order chi connectivity index (χ1) is 8.20. The highest BCUT2D eigenvalue weighted by Gasteiger charge is 2.16. The van der Waals surface area contributed by atoms with Gasteiger partial charge in [-0.05, 0) is 28.1 Å². The van der Waals surface area contributed by atoms with Crippen molar-refractivity contribution >= 4 is 44.1 Å². The van der Waals surface area contributed by atoms with Gasteiger partial charge in [-0.15, -0.1) is 0 Å². The Kier molecular flexibility index (Phi) is 3.75. The Morgan fingerprint density at radius 1 is 1.41 bits per heavy atom. The fourth-order valence-corrected chi connectivity index (χ4v) is 2.63. The van der Waals surface area contributed by atoms with Crippen molar-refractivity contribution in [3.8, 4) is 0 Å². The lowest BCUT2D eigenvalue weighted by molar-refractivity contribution is 0.0594. The van der Waals surface area contributed by atoms with E-state index in [1.54, 1.807) is 0 Å². The van der Waals surface area contributed by atoms with Crippen LogP contribution in [0.15, 0.2) is 34.1 Å². The second-order valence-corrected chi connectivity index (χ2v) is 5.44. The van der Waals surface area contributed by atoms with Gasteiger partial charge in [-0.25, -0.2) is 9.78 Å². The van der Waals surface area contributed by atoms with E-state index in [4.69, 9.17) is 0 Å². The molecule has 2 aromatic rings. The minimum Gasteiger partial charge on any atom is -0.464 e. The van der Waals surface area contributed by atoms with Gasteiger partial charge in [-0.1, -0.05) is 29.5 Å². The zero-order valence-electron chi connectivity index (χ0n) is 8.94. The summed E-state index contributed by atoms with van der Waals surface area (Å²) in [4.78, 5) is 15.5. The third-order valence-electron chi connectivity index (χ3n) is 1.99. The topological polar surface area (TPSA) is 51.2 Å². The second-order valence-electron chi connectivity index (χ2n) is 3.12. The molecular formula is C11H9BrN2O2S. The first-order valence-corrected chi connectivity index (χ1v) is 6.38. The van der Waals surface area contributed by atoms with Crippen molar-refractivity contribution in [2.24, 2.45) is 0 Å². The molecular weight excluding hydrogens is 304 g/mol. The van der Waals surface area contributed by atoms with E-state index in [2.05, 4.69) is 31.0 Å². The van der Waals surface area contributed by atoms with Gasteiger partial charge in [0.25, 0.3) is 0 Å². The normalized spacial score (nSPS) is 10.0. The Labute approximate surface area is 111 Å². The van der Waals surface area contributed by atoms with E-state index in [9.17, 15) is 4.79 Å². The van der Waals surface area contributed by atoms with Gasteiger partial charge in [0.1, 0.15) is 3.79 Å². The average molecular weight is 313 g/mol. The van der Waals surface area contributed by atoms with Crippen LogP contribution in [0.2, 0.25) is 0 Å². The lowest BCUT2D eigenvalue weighted by atomic mass is 10.3. The number of benzene rings is 1. The lowest BCUT2D eigenvalue weighted by Crippen LogP contribution is -2.02. The molecule has 0 radical (unpaired) electrons. The summed E-state index contributed by atoms with van der Waals surface area (Å²) in [5, 5.41) is 3.76. The molecule has 0 unspecified atom stereocenters. The van der Waals surface area contributed by atoms with Crippen molar-refractivity contribution in [2.45, 2.75) is 0 Å². The second kappa shape index (κ2) is 5.29. The number of esters is 1. The van der Waals surface area contributed by atoms with E-state index in [0.29, 0.717) is 8.92 Å². The van der Waals surface area contributed by atoms with Gasteiger partial charge >= 0.3 is 5.97 Å². The summed E-state index contributed by atoms with van der Waals surface area (Å²) < 4.78 is 5.28. The van der Waals surface area contributed by atoms with Crippen LogP contribution in [0.5, 0.6) is 0 Å². The predicted octanol–water partition coefficient (Wildman–Crippen LogP) is 3.44. The number of aromatic nitrogens is 1. The van der Waals surface area contributed by atoms with Crippen molar-refractivity contribution in [1.29, 1.82) is 0 Å². The van der Waals surface area contributed by atoms with E-state index >= 15 is 0 Å². The van der Waals surface area contributed by atoms with Gasteiger partial charge < -0.3 is 10.1 Å². The Morgan fingerprint density at radius 2 is 2.12 bits per heavy atom. The van der Waals surface area contributed by atoms with Crippen LogP contribution in [-0.2, 0) is 4.74 Å². The van der Waals surface area contributed by atoms with Crippen molar-refractivity contribution in [3.05, 3.63) is 39.8 Å². The van der Waals surface area contributed by atoms with E-state index < -0.39 is 5.97 Å². The summed E-state index contributed by atoms with van der Waals surface area (Å²) in [6, 6.07) is 9.63. The third kappa shape index (κ3) is 2.83. The van der Waals surface area contributed by atoms with Crippen LogP contribution < -0.4 is 5.32 Å². The number of rotatable bonds is 3. The van der Waals surface area contributed by atoms with Crippen molar-refractivity contribution in [2.75, 3.05) is 12.4 Å². The van der Waals surface area contributed by atoms with Gasteiger partial charge in [-0.2, -0.15) is 0 Å². The van der Waals surface area contributed by atoms with Gasteiger partial charge in [-0.3, -0.25) is 0 Å². The summed E-state index contributed by atoms with van der Waals surface area (Å²) in [5.41, 5.74) is 1.21. The molecule has 4 nitrogen and oxygen atoms in total. The number of halogens is 1. The molecule has 1 N–H and O–H groups in total. The van der Waals surface area contributed by atoms with Crippen molar-refractivity contribution < 1.29 is 9.53 Å². The molecule has 0 saturated heterocycles. The van der Waals surface area contributed by atoms with E-state index in [1.165, 1.54) is 18.4 Å². The largest absolute Gasteiger partial charge is 0.464 e. The summed E-state index contributed by atoms with van der Waals surface area (Å²) in [7, 11) is 1.33. The highest BCUT2D eigenvalue weighted by atomic mass is 79.9. The maximum atomic E-state index is 11.4. The highest BCUT2D eigenvalue weighted by molar-refractivity contribution is 9.11. The maximum absolute atomic E-state index is 11.4. The van der Waals surface area contributed by atoms with Crippen LogP contribution in [0.25, 0.3) is 0 Å². The summed E-state index contributed by atoms with van der Waals surface area (Å²) in [6.45, 7) is 0. The molecule has 0 aliphatic carbocycles. The van der Waals surface area contributed by atoms with Crippen LogP contribution in [0, 0.1) is 0 Å². The molecule has 2 rings (SSSR count).